The molecule has 0 aliphatic heterocycles. The number of benzene rings is 1. The van der Waals surface area contributed by atoms with Crippen LogP contribution in [0.25, 0.3) is 0 Å². The minimum absolute atomic E-state index is 0.397. The van der Waals surface area contributed by atoms with Gasteiger partial charge in [0.25, 0.3) is 0 Å². The maximum atomic E-state index is 9.92. The van der Waals surface area contributed by atoms with Gasteiger partial charge in [0.05, 0.1) is 0 Å². The van der Waals surface area contributed by atoms with Gasteiger partial charge in [-0.25, -0.2) is 0 Å². The van der Waals surface area contributed by atoms with Crippen molar-refractivity contribution in [2.45, 2.75) is 44.8 Å². The maximum absolute atomic E-state index is 9.92. The molecule has 0 amide bonds. The summed E-state index contributed by atoms with van der Waals surface area (Å²) in [7, 11) is 0. The minimum atomic E-state index is -1.05. The number of halogens is 2. The average molecular weight is 325 g/mol. The van der Waals surface area contributed by atoms with Crippen LogP contribution in [0.3, 0.4) is 0 Å². The van der Waals surface area contributed by atoms with Crippen LogP contribution in [0.15, 0.2) is 18.2 Å². The summed E-state index contributed by atoms with van der Waals surface area (Å²) < 4.78 is 0. The fourth-order valence-electron chi connectivity index (χ4n) is 1.69. The Labute approximate surface area is 136 Å². The third-order valence-electron chi connectivity index (χ3n) is 2.84. The molecule has 0 bridgehead atoms. The maximum Gasteiger partial charge on any atom is 0.142 e. The van der Waals surface area contributed by atoms with E-state index in [1.165, 1.54) is 0 Å². The van der Waals surface area contributed by atoms with Gasteiger partial charge in [0.1, 0.15) is 12.2 Å². The summed E-state index contributed by atoms with van der Waals surface area (Å²) in [5.74, 6) is 10.3. The van der Waals surface area contributed by atoms with Crippen LogP contribution >= 0.6 is 23.2 Å². The monoisotopic (exact) mass is 324 g/mol. The van der Waals surface area contributed by atoms with Gasteiger partial charge >= 0.3 is 0 Å². The van der Waals surface area contributed by atoms with Gasteiger partial charge in [0.15, 0.2) is 0 Å². The van der Waals surface area contributed by atoms with Crippen molar-refractivity contribution in [3.05, 3.63) is 33.8 Å². The lowest BCUT2D eigenvalue weighted by Gasteiger charge is -2.06. The second kappa shape index (κ2) is 9.72. The molecule has 21 heavy (non-hydrogen) atoms. The normalized spacial score (nSPS) is 12.6. The molecule has 112 valence electrons. The van der Waals surface area contributed by atoms with Crippen LogP contribution in [0.1, 0.15) is 44.3 Å². The van der Waals surface area contributed by atoms with E-state index in [2.05, 4.69) is 30.6 Å². The third-order valence-corrected chi connectivity index (χ3v) is 3.42. The van der Waals surface area contributed by atoms with Crippen molar-refractivity contribution in [2.75, 3.05) is 0 Å². The standard InChI is InChI=1S/C17H18Cl2O2/c1-2-3-4-7-14(20)8-5-6-9-17(21)15-12-13(18)10-11-16(15)19/h10-12,14,17,20-21H,2-4,7H2,1H3. The highest BCUT2D eigenvalue weighted by atomic mass is 35.5. The molecule has 0 radical (unpaired) electrons. The summed E-state index contributed by atoms with van der Waals surface area (Å²) >= 11 is 11.8. The van der Waals surface area contributed by atoms with Gasteiger partial charge in [-0.05, 0) is 42.9 Å². The lowest BCUT2D eigenvalue weighted by atomic mass is 10.1. The molecule has 2 N–H and O–H groups in total. The molecular formula is C17H18Cl2O2. The predicted octanol–water partition coefficient (Wildman–Crippen LogP) is 3.97. The highest BCUT2D eigenvalue weighted by Gasteiger charge is 2.09. The molecule has 0 heterocycles. The molecule has 1 aromatic rings. The van der Waals surface area contributed by atoms with Gasteiger partial charge in [0, 0.05) is 15.6 Å². The molecule has 0 aliphatic rings. The molecular weight excluding hydrogens is 307 g/mol. The van der Waals surface area contributed by atoms with Crippen molar-refractivity contribution < 1.29 is 10.2 Å². The highest BCUT2D eigenvalue weighted by molar-refractivity contribution is 6.33. The number of aliphatic hydroxyl groups is 2. The van der Waals surface area contributed by atoms with E-state index in [1.54, 1.807) is 18.2 Å². The van der Waals surface area contributed by atoms with E-state index >= 15 is 0 Å². The van der Waals surface area contributed by atoms with Gasteiger partial charge in [-0.15, -0.1) is 0 Å². The number of hydrogen-bond donors (Lipinski definition) is 2. The number of rotatable bonds is 5. The van der Waals surface area contributed by atoms with E-state index in [-0.39, 0.29) is 0 Å². The molecule has 1 rings (SSSR count). The van der Waals surface area contributed by atoms with Gasteiger partial charge in [0.2, 0.25) is 0 Å². The smallest absolute Gasteiger partial charge is 0.142 e. The van der Waals surface area contributed by atoms with Crippen LogP contribution in [0.2, 0.25) is 10.0 Å². The molecule has 0 aliphatic carbocycles. The summed E-state index contributed by atoms with van der Waals surface area (Å²) in [5, 5.41) is 20.4. The van der Waals surface area contributed by atoms with E-state index in [0.29, 0.717) is 22.0 Å². The molecule has 2 nitrogen and oxygen atoms in total. The van der Waals surface area contributed by atoms with E-state index in [4.69, 9.17) is 23.2 Å². The average Bonchev–Trinajstić information content (AvgIpc) is 2.46. The molecule has 1 aromatic carbocycles. The fourth-order valence-corrected chi connectivity index (χ4v) is 2.09. The first-order valence-corrected chi connectivity index (χ1v) is 7.62. The van der Waals surface area contributed by atoms with Gasteiger partial charge in [-0.3, -0.25) is 0 Å². The van der Waals surface area contributed by atoms with Crippen molar-refractivity contribution in [2.24, 2.45) is 0 Å². The Kier molecular flexibility index (Phi) is 8.28. The Bertz CT molecular complexity index is 576. The second-order valence-corrected chi connectivity index (χ2v) is 5.46. The van der Waals surface area contributed by atoms with Crippen molar-refractivity contribution in [1.29, 1.82) is 0 Å². The zero-order valence-electron chi connectivity index (χ0n) is 11.9. The van der Waals surface area contributed by atoms with Gasteiger partial charge < -0.3 is 10.2 Å². The lowest BCUT2D eigenvalue weighted by molar-refractivity contribution is 0.217. The van der Waals surface area contributed by atoms with Crippen molar-refractivity contribution >= 4 is 23.2 Å². The Balaban J connectivity index is 2.60. The molecule has 0 fully saturated rings. The van der Waals surface area contributed by atoms with Crippen LogP contribution in [0.5, 0.6) is 0 Å². The summed E-state index contributed by atoms with van der Waals surface area (Å²) in [6.07, 6.45) is 2.05. The number of hydrogen-bond acceptors (Lipinski definition) is 2. The summed E-state index contributed by atoms with van der Waals surface area (Å²) in [6, 6.07) is 4.81. The summed E-state index contributed by atoms with van der Waals surface area (Å²) in [4.78, 5) is 0. The first kappa shape index (κ1) is 17.9. The molecule has 0 aromatic heterocycles. The number of unbranched alkanes of at least 4 members (excludes halogenated alkanes) is 2. The highest BCUT2D eigenvalue weighted by Crippen LogP contribution is 2.25. The van der Waals surface area contributed by atoms with Crippen LogP contribution in [-0.2, 0) is 0 Å². The molecule has 0 saturated heterocycles. The molecule has 2 unspecified atom stereocenters. The van der Waals surface area contributed by atoms with Crippen LogP contribution in [-0.4, -0.2) is 16.3 Å². The van der Waals surface area contributed by atoms with Crippen molar-refractivity contribution in [3.63, 3.8) is 0 Å². The fraction of sp³-hybridized carbons (Fsp3) is 0.412. The first-order chi connectivity index (χ1) is 10.0. The van der Waals surface area contributed by atoms with Crippen molar-refractivity contribution in [3.8, 4) is 23.7 Å². The summed E-state index contributed by atoms with van der Waals surface area (Å²) in [5.41, 5.74) is 0.446. The zero-order valence-corrected chi connectivity index (χ0v) is 13.4. The molecule has 0 saturated carbocycles. The largest absolute Gasteiger partial charge is 0.380 e. The minimum Gasteiger partial charge on any atom is -0.380 e. The van der Waals surface area contributed by atoms with Gasteiger partial charge in [-0.2, -0.15) is 0 Å². The SMILES string of the molecule is CCCCCC(O)C#CC#CC(O)c1cc(Cl)ccc1Cl. The Hall–Kier alpha value is -1.16. The van der Waals surface area contributed by atoms with Crippen LogP contribution in [0, 0.1) is 23.7 Å². The number of aliphatic hydroxyl groups excluding tert-OH is 2. The van der Waals surface area contributed by atoms with E-state index in [9.17, 15) is 10.2 Å². The quantitative estimate of drug-likeness (QED) is 0.635. The molecule has 0 spiro atoms. The predicted molar refractivity (Wildman–Crippen MR) is 87.1 cm³/mol. The summed E-state index contributed by atoms with van der Waals surface area (Å²) in [6.45, 7) is 2.10. The molecule has 2 atom stereocenters. The second-order valence-electron chi connectivity index (χ2n) is 4.62. The van der Waals surface area contributed by atoms with E-state index in [0.717, 1.165) is 19.3 Å². The van der Waals surface area contributed by atoms with E-state index < -0.39 is 12.2 Å². The Morgan fingerprint density at radius 1 is 1.10 bits per heavy atom. The Morgan fingerprint density at radius 2 is 1.81 bits per heavy atom. The van der Waals surface area contributed by atoms with E-state index in [1.807, 2.05) is 0 Å². The van der Waals surface area contributed by atoms with Crippen LogP contribution < -0.4 is 0 Å². The van der Waals surface area contributed by atoms with Crippen molar-refractivity contribution in [1.82, 2.24) is 0 Å². The Morgan fingerprint density at radius 3 is 2.52 bits per heavy atom. The van der Waals surface area contributed by atoms with Gasteiger partial charge in [-0.1, -0.05) is 54.8 Å². The first-order valence-electron chi connectivity index (χ1n) is 6.86. The third kappa shape index (κ3) is 6.89. The lowest BCUT2D eigenvalue weighted by Crippen LogP contribution is -2.01. The topological polar surface area (TPSA) is 40.5 Å². The zero-order chi connectivity index (χ0) is 15.7. The molecule has 4 heteroatoms. The van der Waals surface area contributed by atoms with Crippen LogP contribution in [0.4, 0.5) is 0 Å².